The van der Waals surface area contributed by atoms with Crippen LogP contribution in [0.25, 0.3) is 0 Å². The van der Waals surface area contributed by atoms with Crippen LogP contribution in [0.4, 0.5) is 5.69 Å². The van der Waals surface area contributed by atoms with Crippen LogP contribution in [-0.4, -0.2) is 45.3 Å². The molecule has 1 heterocycles. The van der Waals surface area contributed by atoms with Crippen molar-refractivity contribution in [3.8, 4) is 0 Å². The van der Waals surface area contributed by atoms with E-state index in [1.807, 2.05) is 0 Å². The van der Waals surface area contributed by atoms with E-state index in [-0.39, 0.29) is 17.4 Å². The number of amides is 3. The summed E-state index contributed by atoms with van der Waals surface area (Å²) in [6.45, 7) is 2.09. The fourth-order valence-electron chi connectivity index (χ4n) is 2.96. The number of anilines is 1. The second-order valence-corrected chi connectivity index (χ2v) is 8.12. The summed E-state index contributed by atoms with van der Waals surface area (Å²) in [5, 5.41) is 4.49. The van der Waals surface area contributed by atoms with Crippen molar-refractivity contribution in [3.63, 3.8) is 0 Å². The van der Waals surface area contributed by atoms with Crippen molar-refractivity contribution in [2.75, 3.05) is 11.9 Å². The molecule has 3 amide bonds. The lowest BCUT2D eigenvalue weighted by molar-refractivity contribution is -0.130. The molecule has 0 bridgehead atoms. The Morgan fingerprint density at radius 1 is 1.17 bits per heavy atom. The van der Waals surface area contributed by atoms with Gasteiger partial charge in [0.1, 0.15) is 6.04 Å². The summed E-state index contributed by atoms with van der Waals surface area (Å²) in [5.41, 5.74) is 3.49. The molecule has 2 aromatic rings. The van der Waals surface area contributed by atoms with Gasteiger partial charge in [-0.05, 0) is 55.5 Å². The maximum atomic E-state index is 12.8. The van der Waals surface area contributed by atoms with Crippen molar-refractivity contribution in [2.24, 2.45) is 0 Å². The van der Waals surface area contributed by atoms with Crippen LogP contribution in [0.3, 0.4) is 0 Å². The van der Waals surface area contributed by atoms with Crippen LogP contribution in [0.15, 0.2) is 53.0 Å². The van der Waals surface area contributed by atoms with Crippen LogP contribution in [0.2, 0.25) is 5.02 Å². The van der Waals surface area contributed by atoms with Gasteiger partial charge in [-0.25, -0.2) is 5.01 Å². The Hall–Kier alpha value is -2.49. The first-order valence-corrected chi connectivity index (χ1v) is 10.6. The Balaban J connectivity index is 1.77. The first kappa shape index (κ1) is 22.2. The van der Waals surface area contributed by atoms with Gasteiger partial charge in [-0.1, -0.05) is 39.7 Å². The molecule has 2 aromatic carbocycles. The molecule has 30 heavy (non-hydrogen) atoms. The highest BCUT2D eigenvalue weighted by Crippen LogP contribution is 2.23. The molecular weight excluding hydrogens is 492 g/mol. The van der Waals surface area contributed by atoms with Crippen molar-refractivity contribution >= 4 is 68.3 Å². The highest BCUT2D eigenvalue weighted by atomic mass is 79.9. The Kier molecular flexibility index (Phi) is 7.06. The Morgan fingerprint density at radius 2 is 1.83 bits per heavy atom. The lowest BCUT2D eigenvalue weighted by Gasteiger charge is -2.24. The van der Waals surface area contributed by atoms with E-state index in [0.29, 0.717) is 22.8 Å². The molecule has 1 aliphatic heterocycles. The van der Waals surface area contributed by atoms with Gasteiger partial charge in [0.2, 0.25) is 5.91 Å². The Bertz CT molecular complexity index is 1000. The first-order valence-electron chi connectivity index (χ1n) is 9.07. The van der Waals surface area contributed by atoms with Crippen molar-refractivity contribution in [2.45, 2.75) is 19.4 Å². The predicted octanol–water partition coefficient (Wildman–Crippen LogP) is 3.59. The second-order valence-electron chi connectivity index (χ2n) is 6.43. The van der Waals surface area contributed by atoms with E-state index in [4.69, 9.17) is 23.8 Å². The van der Waals surface area contributed by atoms with Gasteiger partial charge in [0.05, 0.1) is 17.1 Å². The SMILES string of the molecule is CCN1C(=O)C(CC(=O)Nc2ccccc2Cl)N(NC(=O)c2ccc(Br)cc2)C1=S. The van der Waals surface area contributed by atoms with Crippen LogP contribution < -0.4 is 10.7 Å². The van der Waals surface area contributed by atoms with Gasteiger partial charge in [0, 0.05) is 16.6 Å². The molecule has 1 fully saturated rings. The zero-order valence-electron chi connectivity index (χ0n) is 15.9. The number of benzene rings is 2. The minimum absolute atomic E-state index is 0.142. The smallest absolute Gasteiger partial charge is 0.269 e. The van der Waals surface area contributed by atoms with Crippen molar-refractivity contribution in [1.29, 1.82) is 0 Å². The number of carbonyl (C=O) groups is 3. The average molecular weight is 510 g/mol. The Morgan fingerprint density at radius 3 is 2.47 bits per heavy atom. The van der Waals surface area contributed by atoms with E-state index in [1.165, 1.54) is 9.91 Å². The molecule has 1 saturated heterocycles. The number of hydrogen-bond donors (Lipinski definition) is 2. The van der Waals surface area contributed by atoms with E-state index in [2.05, 4.69) is 26.7 Å². The number of nitrogens with one attached hydrogen (secondary N) is 2. The summed E-state index contributed by atoms with van der Waals surface area (Å²) < 4.78 is 0.831. The van der Waals surface area contributed by atoms with E-state index in [1.54, 1.807) is 55.5 Å². The molecule has 1 unspecified atom stereocenters. The first-order chi connectivity index (χ1) is 14.3. The van der Waals surface area contributed by atoms with Crippen LogP contribution in [0.1, 0.15) is 23.7 Å². The van der Waals surface area contributed by atoms with Crippen LogP contribution in [-0.2, 0) is 9.59 Å². The lowest BCUT2D eigenvalue weighted by Crippen LogP contribution is -2.49. The molecule has 3 rings (SSSR count). The molecule has 7 nitrogen and oxygen atoms in total. The fourth-order valence-corrected chi connectivity index (χ4v) is 3.80. The number of thiocarbonyl (C=S) groups is 1. The van der Waals surface area contributed by atoms with Gasteiger partial charge in [0.25, 0.3) is 11.8 Å². The molecule has 0 radical (unpaired) electrons. The predicted molar refractivity (Wildman–Crippen MR) is 122 cm³/mol. The molecule has 0 aliphatic carbocycles. The molecule has 2 N–H and O–H groups in total. The van der Waals surface area contributed by atoms with E-state index >= 15 is 0 Å². The number of hydrogen-bond acceptors (Lipinski definition) is 4. The van der Waals surface area contributed by atoms with Crippen LogP contribution in [0, 0.1) is 0 Å². The third-order valence-corrected chi connectivity index (χ3v) is 5.75. The Labute approximate surface area is 192 Å². The maximum Gasteiger partial charge on any atom is 0.269 e. The normalized spacial score (nSPS) is 16.0. The van der Waals surface area contributed by atoms with E-state index < -0.39 is 17.9 Å². The van der Waals surface area contributed by atoms with E-state index in [9.17, 15) is 14.4 Å². The topological polar surface area (TPSA) is 81.8 Å². The summed E-state index contributed by atoms with van der Waals surface area (Å²) in [6, 6.07) is 12.6. The highest BCUT2D eigenvalue weighted by molar-refractivity contribution is 9.10. The number of nitrogens with zero attached hydrogens (tertiary/aromatic N) is 2. The third kappa shape index (κ3) is 4.80. The minimum atomic E-state index is -0.959. The van der Waals surface area contributed by atoms with Gasteiger partial charge >= 0.3 is 0 Å². The highest BCUT2D eigenvalue weighted by Gasteiger charge is 2.43. The van der Waals surface area contributed by atoms with Gasteiger partial charge < -0.3 is 5.32 Å². The van der Waals surface area contributed by atoms with Crippen molar-refractivity contribution < 1.29 is 14.4 Å². The number of halogens is 2. The van der Waals surface area contributed by atoms with Gasteiger partial charge in [0.15, 0.2) is 5.11 Å². The van der Waals surface area contributed by atoms with Gasteiger partial charge in [-0.3, -0.25) is 24.7 Å². The molecule has 1 aliphatic rings. The fraction of sp³-hybridized carbons (Fsp3) is 0.200. The zero-order chi connectivity index (χ0) is 21.8. The monoisotopic (exact) mass is 508 g/mol. The van der Waals surface area contributed by atoms with Gasteiger partial charge in [-0.15, -0.1) is 0 Å². The minimum Gasteiger partial charge on any atom is -0.325 e. The quantitative estimate of drug-likeness (QED) is 0.582. The summed E-state index contributed by atoms with van der Waals surface area (Å²) in [5.74, 6) is -1.22. The zero-order valence-corrected chi connectivity index (χ0v) is 19.1. The van der Waals surface area contributed by atoms with Crippen molar-refractivity contribution in [3.05, 3.63) is 63.6 Å². The van der Waals surface area contributed by atoms with E-state index in [0.717, 1.165) is 4.47 Å². The molecule has 156 valence electrons. The molecule has 0 aromatic heterocycles. The van der Waals surface area contributed by atoms with Crippen molar-refractivity contribution in [1.82, 2.24) is 15.3 Å². The number of hydrazine groups is 1. The lowest BCUT2D eigenvalue weighted by atomic mass is 10.1. The number of carbonyl (C=O) groups excluding carboxylic acids is 3. The van der Waals surface area contributed by atoms with Crippen LogP contribution >= 0.6 is 39.7 Å². The average Bonchev–Trinajstić information content (AvgIpc) is 2.93. The molecule has 0 spiro atoms. The molecule has 1 atom stereocenters. The summed E-state index contributed by atoms with van der Waals surface area (Å²) in [7, 11) is 0. The summed E-state index contributed by atoms with van der Waals surface area (Å²) in [4.78, 5) is 39.4. The standard InChI is InChI=1S/C20H18BrClN4O3S/c1-2-25-19(29)16(11-17(27)23-15-6-4-3-5-14(15)22)26(20(25)30)24-18(28)12-7-9-13(21)10-8-12/h3-10,16H,2,11H2,1H3,(H,23,27)(H,24,28). The maximum absolute atomic E-state index is 12.8. The molecule has 0 saturated carbocycles. The number of para-hydroxylation sites is 1. The number of likely N-dealkylation sites (N-methyl/N-ethyl adjacent to an activating group) is 1. The number of rotatable bonds is 6. The summed E-state index contributed by atoms with van der Waals surface area (Å²) in [6.07, 6.45) is -0.207. The second kappa shape index (κ2) is 9.55. The third-order valence-electron chi connectivity index (χ3n) is 4.47. The van der Waals surface area contributed by atoms with Gasteiger partial charge in [-0.2, -0.15) is 0 Å². The largest absolute Gasteiger partial charge is 0.325 e. The summed E-state index contributed by atoms with van der Waals surface area (Å²) >= 11 is 14.8. The molecule has 10 heteroatoms. The van der Waals surface area contributed by atoms with Crippen LogP contribution in [0.5, 0.6) is 0 Å². The molecular formula is C20H18BrClN4O3S.